The highest BCUT2D eigenvalue weighted by atomic mass is 35.5. The van der Waals surface area contributed by atoms with Crippen LogP contribution in [0.1, 0.15) is 33.1 Å². The predicted octanol–water partition coefficient (Wildman–Crippen LogP) is 4.32. The van der Waals surface area contributed by atoms with E-state index in [1.165, 1.54) is 0 Å². The number of aryl methyl sites for hydroxylation is 1. The number of carbonyl (C=O) groups is 2. The van der Waals surface area contributed by atoms with E-state index in [4.69, 9.17) is 23.2 Å². The molecule has 0 aliphatic carbocycles. The second kappa shape index (κ2) is 8.92. The van der Waals surface area contributed by atoms with E-state index in [9.17, 15) is 9.59 Å². The van der Waals surface area contributed by atoms with Gasteiger partial charge in [0.15, 0.2) is 6.04 Å². The molecule has 4 rings (SSSR count). The number of halogens is 2. The van der Waals surface area contributed by atoms with Crippen LogP contribution >= 0.6 is 23.2 Å². The van der Waals surface area contributed by atoms with Crippen molar-refractivity contribution in [1.29, 1.82) is 0 Å². The van der Waals surface area contributed by atoms with Crippen molar-refractivity contribution in [2.75, 3.05) is 0 Å². The van der Waals surface area contributed by atoms with E-state index in [-0.39, 0.29) is 11.8 Å². The molecule has 2 atom stereocenters. The van der Waals surface area contributed by atoms with Gasteiger partial charge < -0.3 is 5.32 Å². The molecule has 7 heteroatoms. The lowest BCUT2D eigenvalue weighted by Gasteiger charge is -2.15. The summed E-state index contributed by atoms with van der Waals surface area (Å²) >= 11 is 12.0. The van der Waals surface area contributed by atoms with E-state index in [1.54, 1.807) is 41.1 Å². The summed E-state index contributed by atoms with van der Waals surface area (Å²) in [5.41, 5.74) is 6.20. The molecule has 3 aromatic rings. The topological polar surface area (TPSA) is 61.2 Å². The van der Waals surface area contributed by atoms with Crippen LogP contribution in [0, 0.1) is 6.92 Å². The molecular formula is C24H20Cl2N3O2+. The summed E-state index contributed by atoms with van der Waals surface area (Å²) in [7, 11) is 0. The molecule has 5 nitrogen and oxygen atoms in total. The summed E-state index contributed by atoms with van der Waals surface area (Å²) in [5.74, 6) is -0.654. The highest BCUT2D eigenvalue weighted by Crippen LogP contribution is 2.27. The Kier molecular flexibility index (Phi) is 6.07. The standard InChI is InChI=1S/C24H19Cl2N3O2/c1-15-2-4-16(5-3-15)14-29-22(17-6-10-19(25)11-7-17)21(24(31)28-29)27-23(30)18-8-12-20(26)13-9-18/h2-14,21-22H,1H3,(H-,27,28,30,31)/p+1/b29-14-/t21-,22-/m0/s1. The van der Waals surface area contributed by atoms with Gasteiger partial charge in [0.2, 0.25) is 12.3 Å². The van der Waals surface area contributed by atoms with Crippen LogP contribution in [0.4, 0.5) is 0 Å². The minimum Gasteiger partial charge on any atom is -0.334 e. The van der Waals surface area contributed by atoms with E-state index < -0.39 is 12.1 Å². The Morgan fingerprint density at radius 2 is 1.52 bits per heavy atom. The molecule has 0 unspecified atom stereocenters. The molecule has 0 spiro atoms. The van der Waals surface area contributed by atoms with Crippen molar-refractivity contribution in [3.05, 3.63) is 105 Å². The van der Waals surface area contributed by atoms with Gasteiger partial charge in [-0.1, -0.05) is 53.0 Å². The maximum absolute atomic E-state index is 12.9. The molecular weight excluding hydrogens is 433 g/mol. The molecule has 2 amide bonds. The highest BCUT2D eigenvalue weighted by Gasteiger charge is 2.47. The fourth-order valence-corrected chi connectivity index (χ4v) is 3.73. The summed E-state index contributed by atoms with van der Waals surface area (Å²) in [6, 6.07) is 20.4. The number of nitrogens with zero attached hydrogens (tertiary/aromatic N) is 1. The molecule has 1 heterocycles. The third-order valence-corrected chi connectivity index (χ3v) is 5.61. The zero-order chi connectivity index (χ0) is 22.0. The Hall–Kier alpha value is -3.15. The van der Waals surface area contributed by atoms with Gasteiger partial charge in [-0.15, -0.1) is 10.1 Å². The largest absolute Gasteiger partial charge is 0.334 e. The minimum atomic E-state index is -0.800. The predicted molar refractivity (Wildman–Crippen MR) is 122 cm³/mol. The second-order valence-corrected chi connectivity index (χ2v) is 8.25. The maximum Gasteiger partial charge on any atom is 0.304 e. The van der Waals surface area contributed by atoms with E-state index in [2.05, 4.69) is 10.7 Å². The van der Waals surface area contributed by atoms with Gasteiger partial charge >= 0.3 is 5.91 Å². The van der Waals surface area contributed by atoms with Crippen LogP contribution < -0.4 is 10.7 Å². The van der Waals surface area contributed by atoms with Crippen LogP contribution in [0.25, 0.3) is 0 Å². The lowest BCUT2D eigenvalue weighted by atomic mass is 9.99. The first-order valence-electron chi connectivity index (χ1n) is 9.73. The van der Waals surface area contributed by atoms with Crippen LogP contribution in [0.15, 0.2) is 72.8 Å². The number of hydrogen-bond donors (Lipinski definition) is 2. The van der Waals surface area contributed by atoms with Crippen LogP contribution in [-0.4, -0.2) is 28.8 Å². The number of hydrazone groups is 1. The number of nitrogens with one attached hydrogen (secondary N) is 2. The fourth-order valence-electron chi connectivity index (χ4n) is 3.48. The molecule has 31 heavy (non-hydrogen) atoms. The zero-order valence-electron chi connectivity index (χ0n) is 16.7. The van der Waals surface area contributed by atoms with Gasteiger partial charge in [0, 0.05) is 26.7 Å². The first-order chi connectivity index (χ1) is 14.9. The average Bonchev–Trinajstić information content (AvgIpc) is 3.05. The number of hydrazine groups is 1. The zero-order valence-corrected chi connectivity index (χ0v) is 18.2. The van der Waals surface area contributed by atoms with E-state index in [1.807, 2.05) is 49.5 Å². The molecule has 1 saturated heterocycles. The van der Waals surface area contributed by atoms with E-state index in [0.29, 0.717) is 15.6 Å². The van der Waals surface area contributed by atoms with Gasteiger partial charge in [0.1, 0.15) is 0 Å². The second-order valence-electron chi connectivity index (χ2n) is 7.38. The molecule has 1 fully saturated rings. The summed E-state index contributed by atoms with van der Waals surface area (Å²) < 4.78 is 1.73. The van der Waals surface area contributed by atoms with Crippen molar-refractivity contribution in [3.63, 3.8) is 0 Å². The quantitative estimate of drug-likeness (QED) is 0.579. The Labute approximate surface area is 190 Å². The number of rotatable bonds is 4. The molecule has 0 aromatic heterocycles. The van der Waals surface area contributed by atoms with Gasteiger partial charge in [-0.2, -0.15) is 0 Å². The van der Waals surface area contributed by atoms with Gasteiger partial charge in [0.25, 0.3) is 5.91 Å². The fraction of sp³-hybridized carbons (Fsp3) is 0.125. The molecule has 156 valence electrons. The SMILES string of the molecule is Cc1ccc(/C=[N+]2\NC(=O)[C@@H](NC(=O)c3ccc(Cl)cc3)[C@@H]2c2ccc(Cl)cc2)cc1. The van der Waals surface area contributed by atoms with Crippen LogP contribution in [0.2, 0.25) is 10.0 Å². The van der Waals surface area contributed by atoms with Crippen molar-refractivity contribution in [2.45, 2.75) is 19.0 Å². The van der Waals surface area contributed by atoms with E-state index >= 15 is 0 Å². The monoisotopic (exact) mass is 452 g/mol. The van der Waals surface area contributed by atoms with Gasteiger partial charge in [-0.05, 0) is 55.5 Å². The van der Waals surface area contributed by atoms with Crippen LogP contribution in [0.5, 0.6) is 0 Å². The van der Waals surface area contributed by atoms with Crippen LogP contribution in [-0.2, 0) is 4.79 Å². The van der Waals surface area contributed by atoms with Crippen LogP contribution in [0.3, 0.4) is 0 Å². The third-order valence-electron chi connectivity index (χ3n) is 5.11. The van der Waals surface area contributed by atoms with Crippen molar-refractivity contribution in [3.8, 4) is 0 Å². The number of carbonyl (C=O) groups excluding carboxylic acids is 2. The Morgan fingerprint density at radius 1 is 0.935 bits per heavy atom. The molecule has 0 radical (unpaired) electrons. The molecule has 3 aromatic carbocycles. The molecule has 0 bridgehead atoms. The first kappa shape index (κ1) is 21.1. The molecule has 2 N–H and O–H groups in total. The van der Waals surface area contributed by atoms with Crippen molar-refractivity contribution in [1.82, 2.24) is 10.7 Å². The van der Waals surface area contributed by atoms with Crippen molar-refractivity contribution >= 4 is 41.2 Å². The minimum absolute atomic E-state index is 0.300. The lowest BCUT2D eigenvalue weighted by molar-refractivity contribution is -0.596. The number of benzene rings is 3. The first-order valence-corrected chi connectivity index (χ1v) is 10.5. The van der Waals surface area contributed by atoms with Crippen molar-refractivity contribution in [2.24, 2.45) is 0 Å². The lowest BCUT2D eigenvalue weighted by Crippen LogP contribution is -2.42. The van der Waals surface area contributed by atoms with Gasteiger partial charge in [-0.3, -0.25) is 9.59 Å². The van der Waals surface area contributed by atoms with E-state index in [0.717, 1.165) is 16.7 Å². The Bertz CT molecular complexity index is 1140. The highest BCUT2D eigenvalue weighted by molar-refractivity contribution is 6.30. The average molecular weight is 453 g/mol. The summed E-state index contributed by atoms with van der Waals surface area (Å²) in [6.45, 7) is 2.01. The summed E-state index contributed by atoms with van der Waals surface area (Å²) in [6.07, 6.45) is 1.85. The Morgan fingerprint density at radius 3 is 2.13 bits per heavy atom. The normalized spacial score (nSPS) is 19.3. The maximum atomic E-state index is 12.9. The number of hydrogen-bond acceptors (Lipinski definition) is 2. The molecule has 1 aliphatic rings. The smallest absolute Gasteiger partial charge is 0.304 e. The molecule has 1 aliphatic heterocycles. The van der Waals surface area contributed by atoms with Crippen molar-refractivity contribution < 1.29 is 14.3 Å². The summed E-state index contributed by atoms with van der Waals surface area (Å²) in [5, 5.41) is 3.99. The van der Waals surface area contributed by atoms with Gasteiger partial charge in [-0.25, -0.2) is 0 Å². The third kappa shape index (κ3) is 4.79. The Balaban J connectivity index is 1.69. The van der Waals surface area contributed by atoms with Gasteiger partial charge in [0.05, 0.1) is 0 Å². The summed E-state index contributed by atoms with van der Waals surface area (Å²) in [4.78, 5) is 25.7. The number of amides is 2. The molecule has 0 saturated carbocycles.